The molecule has 0 radical (unpaired) electrons. The molecule has 2 aromatic rings. The summed E-state index contributed by atoms with van der Waals surface area (Å²) in [4.78, 5) is 0. The fraction of sp³-hybridized carbons (Fsp3) is 0.455. The molecule has 0 aromatic heterocycles. The maximum Gasteiger partial charge on any atom is 0.229 e. The third kappa shape index (κ3) is 3.38. The molecule has 7 atom stereocenters. The van der Waals surface area contributed by atoms with Gasteiger partial charge in [-0.3, -0.25) is 0 Å². The Kier molecular flexibility index (Phi) is 5.15. The van der Waals surface area contributed by atoms with Crippen LogP contribution in [0.3, 0.4) is 0 Å². The number of benzene rings is 2. The van der Waals surface area contributed by atoms with Crippen LogP contribution in [0.15, 0.2) is 36.4 Å². The Labute approximate surface area is 178 Å². The molecule has 9 heteroatoms. The maximum atomic E-state index is 10.2. The van der Waals surface area contributed by atoms with Crippen molar-refractivity contribution in [2.45, 2.75) is 42.7 Å². The third-order valence-electron chi connectivity index (χ3n) is 6.05. The quantitative estimate of drug-likeness (QED) is 0.546. The first-order valence-corrected chi connectivity index (χ1v) is 10.1. The van der Waals surface area contributed by atoms with E-state index in [0.717, 1.165) is 22.6 Å². The van der Waals surface area contributed by atoms with Crippen molar-refractivity contribution in [2.75, 3.05) is 20.3 Å². The number of rotatable bonds is 4. The molecule has 2 aromatic carbocycles. The summed E-state index contributed by atoms with van der Waals surface area (Å²) in [6.07, 6.45) is -6.94. The van der Waals surface area contributed by atoms with Crippen LogP contribution in [0.4, 0.5) is 0 Å². The van der Waals surface area contributed by atoms with E-state index in [1.807, 2.05) is 24.3 Å². The van der Waals surface area contributed by atoms with Gasteiger partial charge in [-0.2, -0.15) is 0 Å². The predicted octanol–water partition coefficient (Wildman–Crippen LogP) is 0.484. The number of hydrogen-bond donors (Lipinski definition) is 4. The van der Waals surface area contributed by atoms with Gasteiger partial charge in [-0.05, 0) is 18.2 Å². The van der Waals surface area contributed by atoms with Crippen molar-refractivity contribution < 1.29 is 44.1 Å². The molecular formula is C22H24O9. The number of methoxy groups -OCH3 is 1. The van der Waals surface area contributed by atoms with Crippen molar-refractivity contribution in [3.05, 3.63) is 47.5 Å². The molecule has 1 saturated heterocycles. The number of fused-ring (bicyclic) bond motifs is 5. The van der Waals surface area contributed by atoms with Crippen LogP contribution in [0.1, 0.15) is 23.1 Å². The highest BCUT2D eigenvalue weighted by atomic mass is 16.7. The van der Waals surface area contributed by atoms with Crippen LogP contribution >= 0.6 is 0 Å². The lowest BCUT2D eigenvalue weighted by Gasteiger charge is -2.39. The van der Waals surface area contributed by atoms with E-state index in [1.165, 1.54) is 0 Å². The summed E-state index contributed by atoms with van der Waals surface area (Å²) in [5, 5.41) is 39.4. The van der Waals surface area contributed by atoms with E-state index >= 15 is 0 Å². The van der Waals surface area contributed by atoms with Gasteiger partial charge in [-0.15, -0.1) is 0 Å². The number of ether oxygens (including phenoxy) is 5. The monoisotopic (exact) mass is 432 g/mol. The minimum atomic E-state index is -1.51. The zero-order chi connectivity index (χ0) is 21.7. The Morgan fingerprint density at radius 1 is 0.935 bits per heavy atom. The molecule has 5 rings (SSSR count). The second-order valence-corrected chi connectivity index (χ2v) is 7.87. The van der Waals surface area contributed by atoms with Gasteiger partial charge in [0.1, 0.15) is 53.5 Å². The predicted molar refractivity (Wildman–Crippen MR) is 105 cm³/mol. The van der Waals surface area contributed by atoms with Crippen LogP contribution in [-0.4, -0.2) is 71.5 Å². The first kappa shape index (κ1) is 20.3. The van der Waals surface area contributed by atoms with Gasteiger partial charge in [0, 0.05) is 23.3 Å². The normalized spacial score (nSPS) is 33.4. The van der Waals surface area contributed by atoms with E-state index in [2.05, 4.69) is 0 Å². The van der Waals surface area contributed by atoms with E-state index in [-0.39, 0.29) is 12.0 Å². The van der Waals surface area contributed by atoms with Gasteiger partial charge < -0.3 is 44.1 Å². The van der Waals surface area contributed by atoms with Crippen molar-refractivity contribution in [3.63, 3.8) is 0 Å². The number of hydrogen-bond acceptors (Lipinski definition) is 9. The van der Waals surface area contributed by atoms with Crippen LogP contribution in [0.25, 0.3) is 0 Å². The van der Waals surface area contributed by atoms with E-state index in [4.69, 9.17) is 23.7 Å². The topological polar surface area (TPSA) is 127 Å². The van der Waals surface area contributed by atoms with Gasteiger partial charge in [0.15, 0.2) is 0 Å². The molecule has 3 aliphatic heterocycles. The second-order valence-electron chi connectivity index (χ2n) is 7.87. The van der Waals surface area contributed by atoms with Gasteiger partial charge in [-0.25, -0.2) is 0 Å². The van der Waals surface area contributed by atoms with Gasteiger partial charge >= 0.3 is 0 Å². The van der Waals surface area contributed by atoms with Gasteiger partial charge in [0.05, 0.1) is 26.2 Å². The second kappa shape index (κ2) is 7.85. The molecule has 0 saturated carbocycles. The standard InChI is InChI=1S/C22H24O9/c1-27-10-2-4-12-14-9-28-15-7-11(3-5-13(15)21(14)30-16(12)6-10)29-22-20(26)19(25)18(24)17(8-23)31-22/h2-7,14,17-26H,8-9H2,1H3/t14-,17-,18-,19-,20-,21-,22-/m1/s1. The zero-order valence-electron chi connectivity index (χ0n) is 16.7. The van der Waals surface area contributed by atoms with E-state index in [9.17, 15) is 20.4 Å². The Morgan fingerprint density at radius 2 is 1.68 bits per heavy atom. The van der Waals surface area contributed by atoms with Crippen LogP contribution in [0, 0.1) is 0 Å². The van der Waals surface area contributed by atoms with E-state index in [0.29, 0.717) is 18.1 Å². The molecule has 0 bridgehead atoms. The van der Waals surface area contributed by atoms with Crippen LogP contribution in [0.2, 0.25) is 0 Å². The Balaban J connectivity index is 1.36. The molecule has 0 unspecified atom stereocenters. The fourth-order valence-corrected chi connectivity index (χ4v) is 4.32. The highest BCUT2D eigenvalue weighted by molar-refractivity contribution is 5.52. The molecule has 9 nitrogen and oxygen atoms in total. The summed E-state index contributed by atoms with van der Waals surface area (Å²) in [5.74, 6) is 2.49. The Hall–Kier alpha value is -2.56. The summed E-state index contributed by atoms with van der Waals surface area (Å²) in [7, 11) is 1.61. The lowest BCUT2D eigenvalue weighted by atomic mass is 9.89. The zero-order valence-corrected chi connectivity index (χ0v) is 16.7. The largest absolute Gasteiger partial charge is 0.497 e. The fourth-order valence-electron chi connectivity index (χ4n) is 4.32. The van der Waals surface area contributed by atoms with Crippen molar-refractivity contribution in [1.29, 1.82) is 0 Å². The van der Waals surface area contributed by atoms with E-state index < -0.39 is 37.3 Å². The lowest BCUT2D eigenvalue weighted by Crippen LogP contribution is -2.60. The molecule has 31 heavy (non-hydrogen) atoms. The smallest absolute Gasteiger partial charge is 0.229 e. The molecule has 4 N–H and O–H groups in total. The van der Waals surface area contributed by atoms with E-state index in [1.54, 1.807) is 19.2 Å². The van der Waals surface area contributed by atoms with Crippen molar-refractivity contribution in [1.82, 2.24) is 0 Å². The molecule has 3 aliphatic rings. The molecule has 1 fully saturated rings. The van der Waals surface area contributed by atoms with Crippen molar-refractivity contribution in [2.24, 2.45) is 0 Å². The first-order valence-electron chi connectivity index (χ1n) is 10.1. The van der Waals surface area contributed by atoms with Crippen LogP contribution in [-0.2, 0) is 4.74 Å². The average Bonchev–Trinajstić information content (AvgIpc) is 3.17. The average molecular weight is 432 g/mol. The highest BCUT2D eigenvalue weighted by Crippen LogP contribution is 2.52. The summed E-state index contributed by atoms with van der Waals surface area (Å²) in [6.45, 7) is -0.0929. The maximum absolute atomic E-state index is 10.2. The molecular weight excluding hydrogens is 408 g/mol. The highest BCUT2D eigenvalue weighted by Gasteiger charge is 2.45. The molecule has 0 aliphatic carbocycles. The number of aliphatic hydroxyl groups is 4. The van der Waals surface area contributed by atoms with Gasteiger partial charge in [0.25, 0.3) is 0 Å². The summed E-state index contributed by atoms with van der Waals surface area (Å²) < 4.78 is 28.5. The SMILES string of the molecule is COc1ccc2c(c1)O[C@@H]1c3ccc(O[C@@H]4O[C@H](CO)[C@@H](O)[C@@H](O)[C@H]4O)cc3OC[C@H]21. The molecule has 0 amide bonds. The minimum Gasteiger partial charge on any atom is -0.497 e. The van der Waals surface area contributed by atoms with Crippen molar-refractivity contribution >= 4 is 0 Å². The third-order valence-corrected chi connectivity index (χ3v) is 6.05. The Bertz CT molecular complexity index is 962. The summed E-state index contributed by atoms with van der Waals surface area (Å²) in [6, 6.07) is 10.9. The van der Waals surface area contributed by atoms with Crippen molar-refractivity contribution in [3.8, 4) is 23.0 Å². The summed E-state index contributed by atoms with van der Waals surface area (Å²) >= 11 is 0. The van der Waals surface area contributed by atoms with Crippen LogP contribution < -0.4 is 18.9 Å². The Morgan fingerprint density at radius 3 is 2.45 bits per heavy atom. The molecule has 3 heterocycles. The molecule has 0 spiro atoms. The molecule has 166 valence electrons. The van der Waals surface area contributed by atoms with Crippen LogP contribution in [0.5, 0.6) is 23.0 Å². The first-order chi connectivity index (χ1) is 15.0. The van der Waals surface area contributed by atoms with Gasteiger partial charge in [0.2, 0.25) is 6.29 Å². The summed E-state index contributed by atoms with van der Waals surface area (Å²) in [5.41, 5.74) is 1.94. The number of aliphatic hydroxyl groups excluding tert-OH is 4. The lowest BCUT2D eigenvalue weighted by molar-refractivity contribution is -0.277. The minimum absolute atomic E-state index is 0.0608. The van der Waals surface area contributed by atoms with Gasteiger partial charge in [-0.1, -0.05) is 6.07 Å².